The lowest BCUT2D eigenvalue weighted by atomic mass is 10.2. The van der Waals surface area contributed by atoms with E-state index in [1.165, 1.54) is 0 Å². The molecule has 6 heteroatoms. The topological polar surface area (TPSA) is 59.1 Å². The quantitative estimate of drug-likeness (QED) is 0.740. The van der Waals surface area contributed by atoms with Crippen molar-refractivity contribution in [2.24, 2.45) is 0 Å². The molecular weight excluding hydrogens is 185 g/mol. The van der Waals surface area contributed by atoms with E-state index in [2.05, 4.69) is 4.98 Å². The third-order valence-electron chi connectivity index (χ3n) is 1.56. The van der Waals surface area contributed by atoms with Crippen LogP contribution in [0.5, 0.6) is 0 Å². The summed E-state index contributed by atoms with van der Waals surface area (Å²) in [6.07, 6.45) is -2.30. The SMILES string of the molecule is Nc1ncc(C(F)F)c(F)c1CO. The van der Waals surface area contributed by atoms with Gasteiger partial charge in [-0.1, -0.05) is 0 Å². The molecule has 1 rings (SSSR count). The number of rotatable bonds is 2. The summed E-state index contributed by atoms with van der Waals surface area (Å²) in [4.78, 5) is 3.33. The second-order valence-electron chi connectivity index (χ2n) is 2.35. The molecule has 0 radical (unpaired) electrons. The van der Waals surface area contributed by atoms with Gasteiger partial charge in [0.25, 0.3) is 6.43 Å². The molecule has 1 heterocycles. The summed E-state index contributed by atoms with van der Waals surface area (Å²) >= 11 is 0. The van der Waals surface area contributed by atoms with E-state index >= 15 is 0 Å². The van der Waals surface area contributed by atoms with Crippen molar-refractivity contribution in [1.82, 2.24) is 4.98 Å². The maximum Gasteiger partial charge on any atom is 0.268 e. The largest absolute Gasteiger partial charge is 0.391 e. The van der Waals surface area contributed by atoms with Crippen molar-refractivity contribution in [2.45, 2.75) is 13.0 Å². The van der Waals surface area contributed by atoms with Gasteiger partial charge < -0.3 is 10.8 Å². The van der Waals surface area contributed by atoms with E-state index in [1.54, 1.807) is 0 Å². The molecule has 0 atom stereocenters. The number of pyridine rings is 1. The van der Waals surface area contributed by atoms with Gasteiger partial charge in [0.05, 0.1) is 17.7 Å². The maximum atomic E-state index is 13.0. The fourth-order valence-electron chi connectivity index (χ4n) is 0.863. The van der Waals surface area contributed by atoms with Crippen LogP contribution in [-0.4, -0.2) is 10.1 Å². The highest BCUT2D eigenvalue weighted by Crippen LogP contribution is 2.25. The number of alkyl halides is 2. The summed E-state index contributed by atoms with van der Waals surface area (Å²) in [6.45, 7) is -0.745. The molecule has 1 aromatic rings. The molecule has 0 aliphatic carbocycles. The van der Waals surface area contributed by atoms with Gasteiger partial charge in [-0.05, 0) is 0 Å². The number of anilines is 1. The van der Waals surface area contributed by atoms with Gasteiger partial charge in [0.15, 0.2) is 0 Å². The Morgan fingerprint density at radius 2 is 2.15 bits per heavy atom. The lowest BCUT2D eigenvalue weighted by molar-refractivity contribution is 0.145. The maximum absolute atomic E-state index is 13.0. The molecule has 13 heavy (non-hydrogen) atoms. The summed E-state index contributed by atoms with van der Waals surface area (Å²) in [5, 5.41) is 8.60. The normalized spacial score (nSPS) is 10.8. The van der Waals surface area contributed by atoms with Crippen molar-refractivity contribution in [2.75, 3.05) is 5.73 Å². The van der Waals surface area contributed by atoms with Crippen LogP contribution >= 0.6 is 0 Å². The van der Waals surface area contributed by atoms with E-state index in [0.717, 1.165) is 0 Å². The number of halogens is 3. The van der Waals surface area contributed by atoms with Crippen LogP contribution in [0.1, 0.15) is 17.6 Å². The zero-order chi connectivity index (χ0) is 10.0. The lowest BCUT2D eigenvalue weighted by Crippen LogP contribution is -2.05. The number of aromatic nitrogens is 1. The summed E-state index contributed by atoms with van der Waals surface area (Å²) in [5.74, 6) is -1.46. The van der Waals surface area contributed by atoms with Crippen LogP contribution in [-0.2, 0) is 6.61 Å². The predicted octanol–water partition coefficient (Wildman–Crippen LogP) is 1.23. The molecule has 0 saturated heterocycles. The molecule has 0 spiro atoms. The first kappa shape index (κ1) is 9.79. The smallest absolute Gasteiger partial charge is 0.268 e. The fraction of sp³-hybridized carbons (Fsp3) is 0.286. The molecule has 0 fully saturated rings. The Hall–Kier alpha value is -1.30. The third-order valence-corrected chi connectivity index (χ3v) is 1.56. The summed E-state index contributed by atoms with van der Waals surface area (Å²) < 4.78 is 37.2. The highest BCUT2D eigenvalue weighted by Gasteiger charge is 2.18. The number of nitrogen functional groups attached to an aromatic ring is 1. The van der Waals surface area contributed by atoms with Crippen molar-refractivity contribution >= 4 is 5.82 Å². The molecule has 0 saturated carbocycles. The van der Waals surface area contributed by atoms with Crippen molar-refractivity contribution in [3.63, 3.8) is 0 Å². The first-order chi connectivity index (χ1) is 6.07. The molecule has 0 bridgehead atoms. The van der Waals surface area contributed by atoms with Gasteiger partial charge in [0, 0.05) is 6.20 Å². The van der Waals surface area contributed by atoms with E-state index in [-0.39, 0.29) is 5.82 Å². The van der Waals surface area contributed by atoms with Gasteiger partial charge in [-0.2, -0.15) is 0 Å². The van der Waals surface area contributed by atoms with Gasteiger partial charge in [0.2, 0.25) is 0 Å². The Kier molecular flexibility index (Phi) is 2.72. The molecule has 72 valence electrons. The van der Waals surface area contributed by atoms with Gasteiger partial charge in [-0.25, -0.2) is 18.2 Å². The zero-order valence-electron chi connectivity index (χ0n) is 6.47. The lowest BCUT2D eigenvalue weighted by Gasteiger charge is -2.06. The molecule has 3 N–H and O–H groups in total. The molecule has 0 aromatic carbocycles. The van der Waals surface area contributed by atoms with Crippen molar-refractivity contribution in [3.05, 3.63) is 23.1 Å². The highest BCUT2D eigenvalue weighted by molar-refractivity contribution is 5.42. The third kappa shape index (κ3) is 1.72. The second kappa shape index (κ2) is 3.61. The minimum atomic E-state index is -2.96. The summed E-state index contributed by atoms with van der Waals surface area (Å²) in [7, 11) is 0. The van der Waals surface area contributed by atoms with Crippen LogP contribution in [0.3, 0.4) is 0 Å². The van der Waals surface area contributed by atoms with Crippen LogP contribution in [0, 0.1) is 5.82 Å². The van der Waals surface area contributed by atoms with E-state index in [1.807, 2.05) is 0 Å². The van der Waals surface area contributed by atoms with E-state index < -0.39 is 30.0 Å². The van der Waals surface area contributed by atoms with Crippen LogP contribution in [0.4, 0.5) is 19.0 Å². The number of nitrogens with two attached hydrogens (primary N) is 1. The number of nitrogens with zero attached hydrogens (tertiary/aromatic N) is 1. The zero-order valence-corrected chi connectivity index (χ0v) is 6.47. The van der Waals surface area contributed by atoms with E-state index in [9.17, 15) is 13.2 Å². The number of hydrogen-bond donors (Lipinski definition) is 2. The predicted molar refractivity (Wildman–Crippen MR) is 39.5 cm³/mol. The summed E-state index contributed by atoms with van der Waals surface area (Å²) in [6, 6.07) is 0. The standard InChI is InChI=1S/C7H7F3N2O/c8-5-3(6(9)10)1-12-7(11)4(5)2-13/h1,6,13H,2H2,(H2,11,12). The molecule has 0 aliphatic rings. The molecule has 3 nitrogen and oxygen atoms in total. The monoisotopic (exact) mass is 192 g/mol. The van der Waals surface area contributed by atoms with Crippen LogP contribution in [0.2, 0.25) is 0 Å². The van der Waals surface area contributed by atoms with Gasteiger partial charge >= 0.3 is 0 Å². The number of hydrogen-bond acceptors (Lipinski definition) is 3. The minimum absolute atomic E-state index is 0.274. The molecule has 0 unspecified atom stereocenters. The van der Waals surface area contributed by atoms with Crippen molar-refractivity contribution in [1.29, 1.82) is 0 Å². The minimum Gasteiger partial charge on any atom is -0.391 e. The highest BCUT2D eigenvalue weighted by atomic mass is 19.3. The molecule has 0 amide bonds. The van der Waals surface area contributed by atoms with Crippen LogP contribution in [0.25, 0.3) is 0 Å². The Morgan fingerprint density at radius 3 is 2.62 bits per heavy atom. The number of aliphatic hydroxyl groups excluding tert-OH is 1. The average Bonchev–Trinajstić information content (AvgIpc) is 2.04. The summed E-state index contributed by atoms with van der Waals surface area (Å²) in [5.41, 5.74) is 3.91. The fourth-order valence-corrected chi connectivity index (χ4v) is 0.863. The Morgan fingerprint density at radius 1 is 1.54 bits per heavy atom. The average molecular weight is 192 g/mol. The molecule has 0 aliphatic heterocycles. The first-order valence-electron chi connectivity index (χ1n) is 3.39. The van der Waals surface area contributed by atoms with E-state index in [4.69, 9.17) is 10.8 Å². The molecular formula is C7H7F3N2O. The molecule has 1 aromatic heterocycles. The van der Waals surface area contributed by atoms with Crippen molar-refractivity contribution < 1.29 is 18.3 Å². The van der Waals surface area contributed by atoms with Crippen molar-refractivity contribution in [3.8, 4) is 0 Å². The Bertz CT molecular complexity index is 317. The van der Waals surface area contributed by atoms with E-state index in [0.29, 0.717) is 6.20 Å². The second-order valence-corrected chi connectivity index (χ2v) is 2.35. The van der Waals surface area contributed by atoms with Crippen LogP contribution in [0.15, 0.2) is 6.20 Å². The van der Waals surface area contributed by atoms with Gasteiger partial charge in [-0.15, -0.1) is 0 Å². The van der Waals surface area contributed by atoms with Gasteiger partial charge in [0.1, 0.15) is 11.6 Å². The number of aliphatic hydroxyl groups is 1. The first-order valence-corrected chi connectivity index (χ1v) is 3.39. The Balaban J connectivity index is 3.27. The van der Waals surface area contributed by atoms with Gasteiger partial charge in [-0.3, -0.25) is 0 Å². The Labute approximate surface area is 72.0 Å². The van der Waals surface area contributed by atoms with Crippen LogP contribution < -0.4 is 5.73 Å².